The highest BCUT2D eigenvalue weighted by molar-refractivity contribution is 9.10. The summed E-state index contributed by atoms with van der Waals surface area (Å²) in [5, 5.41) is 2.01. The number of esters is 1. The largest absolute Gasteiger partial charge is 0.467 e. The molecule has 0 aliphatic heterocycles. The van der Waals surface area contributed by atoms with Crippen LogP contribution in [-0.2, 0) is 15.1 Å². The van der Waals surface area contributed by atoms with Gasteiger partial charge in [0.25, 0.3) is 0 Å². The molecule has 0 fully saturated rings. The van der Waals surface area contributed by atoms with Crippen molar-refractivity contribution in [3.63, 3.8) is 0 Å². The summed E-state index contributed by atoms with van der Waals surface area (Å²) in [4.78, 5) is 11.8. The average Bonchev–Trinajstić information content (AvgIpc) is 2.34. The normalized spacial score (nSPS) is 14.8. The van der Waals surface area contributed by atoms with Gasteiger partial charge >= 0.3 is 12.1 Å². The van der Waals surface area contributed by atoms with Crippen molar-refractivity contribution in [3.8, 4) is 0 Å². The van der Waals surface area contributed by atoms with E-state index in [-0.39, 0.29) is 5.56 Å². The number of methoxy groups -OCH3 is 1. The Labute approximate surface area is 121 Å². The second-order valence-corrected chi connectivity index (χ2v) is 5.13. The van der Waals surface area contributed by atoms with E-state index in [1.165, 1.54) is 12.1 Å². The van der Waals surface area contributed by atoms with Crippen molar-refractivity contribution in [1.82, 2.24) is 5.32 Å². The maximum atomic E-state index is 13.9. The first-order valence-corrected chi connectivity index (χ1v) is 6.25. The van der Waals surface area contributed by atoms with Gasteiger partial charge in [0.15, 0.2) is 0 Å². The minimum atomic E-state index is -4.54. The Morgan fingerprint density at radius 3 is 2.45 bits per heavy atom. The summed E-state index contributed by atoms with van der Waals surface area (Å²) in [6.07, 6.45) is -4.54. The van der Waals surface area contributed by atoms with E-state index in [9.17, 15) is 22.4 Å². The number of benzene rings is 1. The van der Waals surface area contributed by atoms with Crippen LogP contribution in [0.4, 0.5) is 17.6 Å². The third-order valence-corrected chi connectivity index (χ3v) is 3.20. The van der Waals surface area contributed by atoms with E-state index in [2.05, 4.69) is 20.7 Å². The number of nitrogens with one attached hydrogen (secondary N) is 1. The summed E-state index contributed by atoms with van der Waals surface area (Å²) >= 11 is 3.03. The molecule has 0 amide bonds. The van der Waals surface area contributed by atoms with Crippen LogP contribution in [0.1, 0.15) is 12.5 Å². The molecule has 0 spiro atoms. The Bertz CT molecular complexity index is 507. The van der Waals surface area contributed by atoms with E-state index in [0.29, 0.717) is 4.47 Å². The quantitative estimate of drug-likeness (QED) is 0.664. The zero-order chi connectivity index (χ0) is 15.6. The topological polar surface area (TPSA) is 38.3 Å². The van der Waals surface area contributed by atoms with Crippen molar-refractivity contribution >= 4 is 21.9 Å². The molecule has 1 aromatic rings. The molecule has 1 rings (SSSR count). The van der Waals surface area contributed by atoms with Crippen LogP contribution in [0, 0.1) is 5.82 Å². The van der Waals surface area contributed by atoms with E-state index >= 15 is 0 Å². The number of ether oxygens (including phenoxy) is 1. The van der Waals surface area contributed by atoms with Crippen LogP contribution in [0.2, 0.25) is 0 Å². The number of rotatable bonds is 4. The Hall–Kier alpha value is -1.15. The lowest BCUT2D eigenvalue weighted by Gasteiger charge is -2.29. The van der Waals surface area contributed by atoms with Gasteiger partial charge in [0, 0.05) is 10.0 Å². The summed E-state index contributed by atoms with van der Waals surface area (Å²) in [6, 6.07) is 3.71. The number of hydrogen-bond donors (Lipinski definition) is 1. The summed E-state index contributed by atoms with van der Waals surface area (Å²) < 4.78 is 55.7. The first-order valence-electron chi connectivity index (χ1n) is 5.46. The second-order valence-electron chi connectivity index (χ2n) is 4.21. The molecule has 8 heteroatoms. The molecule has 0 saturated carbocycles. The van der Waals surface area contributed by atoms with Crippen LogP contribution < -0.4 is 5.32 Å². The Morgan fingerprint density at radius 1 is 1.40 bits per heavy atom. The fraction of sp³-hybridized carbons (Fsp3) is 0.417. The highest BCUT2D eigenvalue weighted by atomic mass is 79.9. The second kappa shape index (κ2) is 6.09. The first-order chi connectivity index (χ1) is 9.10. The molecule has 0 aliphatic rings. The molecule has 0 radical (unpaired) electrons. The van der Waals surface area contributed by atoms with Gasteiger partial charge in [0.05, 0.1) is 13.7 Å². The number of alkyl halides is 3. The van der Waals surface area contributed by atoms with Crippen LogP contribution in [0.25, 0.3) is 0 Å². The van der Waals surface area contributed by atoms with Crippen molar-refractivity contribution in [2.45, 2.75) is 18.6 Å². The number of hydrogen-bond acceptors (Lipinski definition) is 3. The van der Waals surface area contributed by atoms with Crippen LogP contribution in [0.3, 0.4) is 0 Å². The third-order valence-electron chi connectivity index (χ3n) is 2.71. The Kier molecular flexibility index (Phi) is 5.15. The predicted octanol–water partition coefficient (Wildman–Crippen LogP) is 3.13. The molecule has 1 unspecified atom stereocenters. The minimum Gasteiger partial charge on any atom is -0.467 e. The molecule has 1 N–H and O–H groups in total. The van der Waals surface area contributed by atoms with E-state index in [0.717, 1.165) is 20.1 Å². The third kappa shape index (κ3) is 3.92. The SMILES string of the molecule is COC(=O)C(C)(NCC(F)(F)F)c1ccc(Br)cc1F. The zero-order valence-electron chi connectivity index (χ0n) is 10.6. The van der Waals surface area contributed by atoms with Crippen molar-refractivity contribution in [3.05, 3.63) is 34.1 Å². The van der Waals surface area contributed by atoms with Gasteiger partial charge in [0.1, 0.15) is 11.4 Å². The first kappa shape index (κ1) is 16.9. The van der Waals surface area contributed by atoms with Crippen molar-refractivity contribution in [2.24, 2.45) is 0 Å². The van der Waals surface area contributed by atoms with Gasteiger partial charge in [-0.1, -0.05) is 22.0 Å². The Balaban J connectivity index is 3.20. The molecular weight excluding hydrogens is 346 g/mol. The van der Waals surface area contributed by atoms with E-state index in [1.54, 1.807) is 0 Å². The van der Waals surface area contributed by atoms with Crippen LogP contribution >= 0.6 is 15.9 Å². The van der Waals surface area contributed by atoms with Crippen molar-refractivity contribution in [2.75, 3.05) is 13.7 Å². The van der Waals surface area contributed by atoms with E-state index in [1.807, 2.05) is 5.32 Å². The molecule has 0 aliphatic carbocycles. The molecule has 0 heterocycles. The molecule has 0 bridgehead atoms. The smallest absolute Gasteiger partial charge is 0.401 e. The van der Waals surface area contributed by atoms with Gasteiger partial charge in [-0.2, -0.15) is 13.2 Å². The molecule has 1 aromatic carbocycles. The van der Waals surface area contributed by atoms with Crippen LogP contribution in [-0.4, -0.2) is 25.8 Å². The summed E-state index contributed by atoms with van der Waals surface area (Å²) in [6.45, 7) is -0.314. The van der Waals surface area contributed by atoms with Gasteiger partial charge in [-0.15, -0.1) is 0 Å². The van der Waals surface area contributed by atoms with Gasteiger partial charge in [-0.3, -0.25) is 5.32 Å². The summed E-state index contributed by atoms with van der Waals surface area (Å²) in [5.74, 6) is -1.83. The van der Waals surface area contributed by atoms with Crippen molar-refractivity contribution in [1.29, 1.82) is 0 Å². The minimum absolute atomic E-state index is 0.225. The zero-order valence-corrected chi connectivity index (χ0v) is 12.2. The van der Waals surface area contributed by atoms with Crippen LogP contribution in [0.15, 0.2) is 22.7 Å². The van der Waals surface area contributed by atoms with Gasteiger partial charge < -0.3 is 4.74 Å². The standard InChI is InChI=1S/C12H12BrF4NO2/c1-11(10(19)20-2,18-6-12(15,16)17)8-4-3-7(13)5-9(8)14/h3-5,18H,6H2,1-2H3. The number of carbonyl (C=O) groups is 1. The molecule has 20 heavy (non-hydrogen) atoms. The highest BCUT2D eigenvalue weighted by Crippen LogP contribution is 2.28. The highest BCUT2D eigenvalue weighted by Gasteiger charge is 2.41. The molecular formula is C12H12BrF4NO2. The van der Waals surface area contributed by atoms with Crippen molar-refractivity contribution < 1.29 is 27.1 Å². The lowest BCUT2D eigenvalue weighted by atomic mass is 9.91. The molecule has 3 nitrogen and oxygen atoms in total. The fourth-order valence-electron chi connectivity index (χ4n) is 1.65. The summed E-state index contributed by atoms with van der Waals surface area (Å²) in [7, 11) is 1.02. The maximum absolute atomic E-state index is 13.9. The monoisotopic (exact) mass is 357 g/mol. The maximum Gasteiger partial charge on any atom is 0.401 e. The van der Waals surface area contributed by atoms with E-state index in [4.69, 9.17) is 0 Å². The molecule has 0 saturated heterocycles. The lowest BCUT2D eigenvalue weighted by molar-refractivity contribution is -0.153. The van der Waals surface area contributed by atoms with Gasteiger partial charge in [-0.25, -0.2) is 9.18 Å². The molecule has 112 valence electrons. The fourth-order valence-corrected chi connectivity index (χ4v) is 1.99. The lowest BCUT2D eigenvalue weighted by Crippen LogP contribution is -2.51. The predicted molar refractivity (Wildman–Crippen MR) is 67.5 cm³/mol. The van der Waals surface area contributed by atoms with Crippen LogP contribution in [0.5, 0.6) is 0 Å². The molecule has 0 aromatic heterocycles. The number of carbonyl (C=O) groups excluding carboxylic acids is 1. The van der Waals surface area contributed by atoms with Gasteiger partial charge in [0.2, 0.25) is 0 Å². The summed E-state index contributed by atoms with van der Waals surface area (Å²) in [5.41, 5.74) is -2.16. The average molecular weight is 358 g/mol. The Morgan fingerprint density at radius 2 is 2.00 bits per heavy atom. The number of halogens is 5. The molecule has 1 atom stereocenters. The van der Waals surface area contributed by atoms with Gasteiger partial charge in [-0.05, 0) is 19.1 Å². The van der Waals surface area contributed by atoms with E-state index < -0.39 is 30.0 Å².